The van der Waals surface area contributed by atoms with E-state index in [-0.39, 0.29) is 22.1 Å². The van der Waals surface area contributed by atoms with Gasteiger partial charge in [-0.25, -0.2) is 8.42 Å². The maximum absolute atomic E-state index is 13.1. The highest BCUT2D eigenvalue weighted by molar-refractivity contribution is 7.91. The first-order chi connectivity index (χ1) is 12.3. The van der Waals surface area contributed by atoms with Crippen LogP contribution in [0.4, 0.5) is 0 Å². The van der Waals surface area contributed by atoms with Gasteiger partial charge in [-0.15, -0.1) is 0 Å². The molecule has 2 aromatic carbocycles. The molecule has 0 aliphatic carbocycles. The van der Waals surface area contributed by atoms with Gasteiger partial charge in [0.2, 0.25) is 0 Å². The first-order valence-electron chi connectivity index (χ1n) is 7.97. The lowest BCUT2D eigenvalue weighted by atomic mass is 10.1. The zero-order chi connectivity index (χ0) is 18.5. The Bertz CT molecular complexity index is 1190. The van der Waals surface area contributed by atoms with Crippen LogP contribution in [0.2, 0.25) is 0 Å². The third-order valence-corrected chi connectivity index (χ3v) is 7.44. The van der Waals surface area contributed by atoms with Gasteiger partial charge in [0.15, 0.2) is 9.84 Å². The molecule has 0 unspecified atom stereocenters. The lowest BCUT2D eigenvalue weighted by Gasteiger charge is -2.07. The Kier molecular flexibility index (Phi) is 3.78. The summed E-state index contributed by atoms with van der Waals surface area (Å²) in [7, 11) is -7.37. The SMILES string of the molecule is Cc1ccc(S(=O)(=O)n2nc(-c3ccccc3)c3c2CS(=O)(=O)C3)cc1. The molecule has 3 aromatic rings. The van der Waals surface area contributed by atoms with Crippen LogP contribution >= 0.6 is 0 Å². The van der Waals surface area contributed by atoms with Gasteiger partial charge < -0.3 is 0 Å². The van der Waals surface area contributed by atoms with E-state index in [1.807, 2.05) is 13.0 Å². The Balaban J connectivity index is 1.95. The van der Waals surface area contributed by atoms with Crippen molar-refractivity contribution in [1.82, 2.24) is 9.19 Å². The van der Waals surface area contributed by atoms with Crippen molar-refractivity contribution in [3.63, 3.8) is 0 Å². The van der Waals surface area contributed by atoms with Gasteiger partial charge in [-0.3, -0.25) is 0 Å². The number of hydrogen-bond acceptors (Lipinski definition) is 5. The third kappa shape index (κ3) is 2.75. The number of benzene rings is 2. The van der Waals surface area contributed by atoms with Crippen LogP contribution in [0, 0.1) is 6.92 Å². The summed E-state index contributed by atoms with van der Waals surface area (Å²) in [6.45, 7) is 1.86. The number of hydrogen-bond donors (Lipinski definition) is 0. The minimum absolute atomic E-state index is 0.0808. The fraction of sp³-hybridized carbons (Fsp3) is 0.167. The summed E-state index contributed by atoms with van der Waals surface area (Å²) in [5.74, 6) is -0.525. The first-order valence-corrected chi connectivity index (χ1v) is 11.2. The summed E-state index contributed by atoms with van der Waals surface area (Å²) < 4.78 is 51.3. The zero-order valence-corrected chi connectivity index (χ0v) is 15.6. The predicted molar refractivity (Wildman–Crippen MR) is 97.8 cm³/mol. The van der Waals surface area contributed by atoms with E-state index < -0.39 is 19.9 Å². The molecular weight excluding hydrogens is 372 g/mol. The van der Waals surface area contributed by atoms with E-state index >= 15 is 0 Å². The Labute approximate surface area is 152 Å². The lowest BCUT2D eigenvalue weighted by molar-refractivity contribution is 0.577. The highest BCUT2D eigenvalue weighted by Crippen LogP contribution is 2.35. The number of fused-ring (bicyclic) bond motifs is 1. The topological polar surface area (TPSA) is 86.1 Å². The van der Waals surface area contributed by atoms with Crippen molar-refractivity contribution >= 4 is 19.9 Å². The second kappa shape index (κ2) is 5.78. The highest BCUT2D eigenvalue weighted by Gasteiger charge is 2.36. The van der Waals surface area contributed by atoms with Crippen LogP contribution in [0.1, 0.15) is 16.8 Å². The minimum atomic E-state index is -3.98. The molecule has 4 rings (SSSR count). The molecule has 2 heterocycles. The normalized spacial score (nSPS) is 15.7. The van der Waals surface area contributed by atoms with Crippen LogP contribution in [0.5, 0.6) is 0 Å². The maximum atomic E-state index is 13.1. The molecule has 0 fully saturated rings. The van der Waals surface area contributed by atoms with Gasteiger partial charge in [-0.05, 0) is 19.1 Å². The Morgan fingerprint density at radius 2 is 1.62 bits per heavy atom. The minimum Gasteiger partial charge on any atom is -0.228 e. The van der Waals surface area contributed by atoms with Crippen molar-refractivity contribution in [2.75, 3.05) is 0 Å². The van der Waals surface area contributed by atoms with Crippen LogP contribution in [-0.4, -0.2) is 26.0 Å². The summed E-state index contributed by atoms with van der Waals surface area (Å²) in [5, 5.41) is 4.30. The quantitative estimate of drug-likeness (QED) is 0.688. The number of aromatic nitrogens is 2. The van der Waals surface area contributed by atoms with E-state index in [9.17, 15) is 16.8 Å². The molecule has 134 valence electrons. The van der Waals surface area contributed by atoms with Gasteiger partial charge in [-0.2, -0.15) is 17.6 Å². The van der Waals surface area contributed by atoms with Crippen LogP contribution in [0.15, 0.2) is 59.5 Å². The molecule has 0 saturated carbocycles. The van der Waals surface area contributed by atoms with E-state index in [1.165, 1.54) is 12.1 Å². The summed E-state index contributed by atoms with van der Waals surface area (Å²) in [5.41, 5.74) is 2.72. The predicted octanol–water partition coefficient (Wildman–Crippen LogP) is 2.52. The zero-order valence-electron chi connectivity index (χ0n) is 14.0. The van der Waals surface area contributed by atoms with E-state index in [1.54, 1.807) is 36.4 Å². The third-order valence-electron chi connectivity index (χ3n) is 4.37. The second-order valence-corrected chi connectivity index (χ2v) is 10.2. The van der Waals surface area contributed by atoms with Crippen LogP contribution in [-0.2, 0) is 31.4 Å². The molecule has 0 bridgehead atoms. The van der Waals surface area contributed by atoms with Crippen molar-refractivity contribution in [2.45, 2.75) is 23.3 Å². The van der Waals surface area contributed by atoms with Gasteiger partial charge in [0.1, 0.15) is 0 Å². The maximum Gasteiger partial charge on any atom is 0.283 e. The second-order valence-electron chi connectivity index (χ2n) is 6.33. The highest BCUT2D eigenvalue weighted by atomic mass is 32.2. The van der Waals surface area contributed by atoms with Gasteiger partial charge in [0.25, 0.3) is 10.0 Å². The van der Waals surface area contributed by atoms with Crippen LogP contribution in [0.25, 0.3) is 11.3 Å². The molecule has 6 nitrogen and oxygen atoms in total. The Morgan fingerprint density at radius 3 is 2.27 bits per heavy atom. The van der Waals surface area contributed by atoms with Crippen LogP contribution < -0.4 is 0 Å². The average Bonchev–Trinajstić information content (AvgIpc) is 3.09. The summed E-state index contributed by atoms with van der Waals surface area (Å²) in [4.78, 5) is 0.0808. The van der Waals surface area contributed by atoms with E-state index in [4.69, 9.17) is 0 Å². The fourth-order valence-corrected chi connectivity index (χ4v) is 6.05. The van der Waals surface area contributed by atoms with Gasteiger partial charge >= 0.3 is 0 Å². The Morgan fingerprint density at radius 1 is 0.962 bits per heavy atom. The Hall–Kier alpha value is -2.45. The molecule has 0 spiro atoms. The van der Waals surface area contributed by atoms with Crippen molar-refractivity contribution in [3.8, 4) is 11.3 Å². The number of aryl methyl sites for hydroxylation is 1. The monoisotopic (exact) mass is 388 g/mol. The van der Waals surface area contributed by atoms with E-state index in [0.29, 0.717) is 16.8 Å². The van der Waals surface area contributed by atoms with Crippen LogP contribution in [0.3, 0.4) is 0 Å². The molecule has 8 heteroatoms. The molecule has 0 radical (unpaired) electrons. The first kappa shape index (κ1) is 17.0. The van der Waals surface area contributed by atoms with Crippen molar-refractivity contribution in [3.05, 3.63) is 71.4 Å². The average molecular weight is 388 g/mol. The molecule has 1 aliphatic heterocycles. The molecule has 0 saturated heterocycles. The van der Waals surface area contributed by atoms with Gasteiger partial charge in [0, 0.05) is 11.1 Å². The largest absolute Gasteiger partial charge is 0.283 e. The molecule has 1 aromatic heterocycles. The fourth-order valence-electron chi connectivity index (χ4n) is 3.07. The molecular formula is C18H16N2O4S2. The van der Waals surface area contributed by atoms with E-state index in [2.05, 4.69) is 5.10 Å². The van der Waals surface area contributed by atoms with Gasteiger partial charge in [0.05, 0.1) is 27.8 Å². The van der Waals surface area contributed by atoms with Crippen molar-refractivity contribution in [2.24, 2.45) is 0 Å². The summed E-state index contributed by atoms with van der Waals surface area (Å²) in [6, 6.07) is 15.4. The summed E-state index contributed by atoms with van der Waals surface area (Å²) in [6.07, 6.45) is 0. The molecule has 0 atom stereocenters. The van der Waals surface area contributed by atoms with E-state index in [0.717, 1.165) is 9.65 Å². The number of rotatable bonds is 3. The smallest absolute Gasteiger partial charge is 0.228 e. The molecule has 26 heavy (non-hydrogen) atoms. The molecule has 1 aliphatic rings. The molecule has 0 amide bonds. The van der Waals surface area contributed by atoms with Crippen molar-refractivity contribution < 1.29 is 16.8 Å². The number of sulfone groups is 1. The standard InChI is InChI=1S/C18H16N2O4S2/c1-13-7-9-15(10-8-13)26(23,24)20-17-12-25(21,22)11-16(17)18(19-20)14-5-3-2-4-6-14/h2-10H,11-12H2,1H3. The van der Waals surface area contributed by atoms with Crippen molar-refractivity contribution in [1.29, 1.82) is 0 Å². The van der Waals surface area contributed by atoms with Gasteiger partial charge in [-0.1, -0.05) is 48.0 Å². The lowest BCUT2D eigenvalue weighted by Crippen LogP contribution is -2.18. The molecule has 0 N–H and O–H groups in total. The number of nitrogens with zero attached hydrogens (tertiary/aromatic N) is 2. The summed E-state index contributed by atoms with van der Waals surface area (Å²) >= 11 is 0.